The van der Waals surface area contributed by atoms with Gasteiger partial charge in [0.2, 0.25) is 5.91 Å². The Morgan fingerprint density at radius 3 is 2.40 bits per heavy atom. The maximum Gasteiger partial charge on any atom is 0.262 e. The molecule has 6 nitrogen and oxygen atoms in total. The van der Waals surface area contributed by atoms with Crippen molar-refractivity contribution in [3.63, 3.8) is 0 Å². The minimum absolute atomic E-state index is 0.0450. The van der Waals surface area contributed by atoms with Gasteiger partial charge in [-0.1, -0.05) is 44.0 Å². The lowest BCUT2D eigenvalue weighted by molar-refractivity contribution is -0.124. The van der Waals surface area contributed by atoms with Crippen LogP contribution in [0.3, 0.4) is 0 Å². The lowest BCUT2D eigenvalue weighted by atomic mass is 10.2. The Labute approximate surface area is 182 Å². The molecule has 2 N–H and O–H groups in total. The van der Waals surface area contributed by atoms with Crippen LogP contribution in [0.5, 0.6) is 0 Å². The van der Waals surface area contributed by atoms with Crippen molar-refractivity contribution in [2.45, 2.75) is 19.8 Å². The normalized spacial score (nSPS) is 11.6. The summed E-state index contributed by atoms with van der Waals surface area (Å²) < 4.78 is 23.3. The Morgan fingerprint density at radius 1 is 1.10 bits per heavy atom. The van der Waals surface area contributed by atoms with Gasteiger partial charge in [0, 0.05) is 30.3 Å². The van der Waals surface area contributed by atoms with Crippen molar-refractivity contribution in [2.24, 2.45) is 0 Å². The van der Waals surface area contributed by atoms with Crippen LogP contribution in [0.1, 0.15) is 19.8 Å². The number of amides is 2. The van der Waals surface area contributed by atoms with E-state index in [-0.39, 0.29) is 37.7 Å². The van der Waals surface area contributed by atoms with Gasteiger partial charge in [0.25, 0.3) is 5.91 Å². The molecule has 0 rings (SSSR count). The topological polar surface area (TPSA) is 76.7 Å². The highest BCUT2D eigenvalue weighted by atomic mass is 35.5. The van der Waals surface area contributed by atoms with E-state index in [1.165, 1.54) is 6.08 Å². The van der Waals surface area contributed by atoms with Crippen molar-refractivity contribution in [1.29, 1.82) is 0 Å². The smallest absolute Gasteiger partial charge is 0.262 e. The van der Waals surface area contributed by atoms with Crippen molar-refractivity contribution in [1.82, 2.24) is 10.6 Å². The summed E-state index contributed by atoms with van der Waals surface area (Å²) in [5.41, 5.74) is 1.75. The highest BCUT2D eigenvalue weighted by Gasteiger charge is 2.08. The quantitative estimate of drug-likeness (QED) is 0.295. The number of hydrogen-bond donors (Lipinski definition) is 2. The van der Waals surface area contributed by atoms with Gasteiger partial charge < -0.3 is 20.1 Å². The monoisotopic (exact) mass is 438 g/mol. The fourth-order valence-corrected chi connectivity index (χ4v) is 1.90. The second kappa shape index (κ2) is 15.8. The molecule has 0 atom stereocenters. The van der Waals surface area contributed by atoms with E-state index in [1.54, 1.807) is 12.2 Å². The molecular formula is C22H28ClFN2O4. The zero-order chi connectivity index (χ0) is 22.9. The lowest BCUT2D eigenvalue weighted by Crippen LogP contribution is -2.28. The largest absolute Gasteiger partial charge is 0.495 e. The van der Waals surface area contributed by atoms with Crippen LogP contribution < -0.4 is 10.6 Å². The number of allylic oxidation sites excluding steroid dienone is 5. The number of halogens is 2. The number of ether oxygens (including phenoxy) is 2. The molecule has 0 radical (unpaired) electrons. The molecule has 2 amide bonds. The first-order valence-electron chi connectivity index (χ1n) is 9.06. The molecule has 0 unspecified atom stereocenters. The summed E-state index contributed by atoms with van der Waals surface area (Å²) in [5.74, 6) is -0.905. The molecule has 0 aromatic heterocycles. The van der Waals surface area contributed by atoms with E-state index in [2.05, 4.69) is 36.9 Å². The van der Waals surface area contributed by atoms with E-state index >= 15 is 0 Å². The highest BCUT2D eigenvalue weighted by Crippen LogP contribution is 2.08. The van der Waals surface area contributed by atoms with E-state index in [0.29, 0.717) is 23.6 Å². The fourth-order valence-electron chi connectivity index (χ4n) is 1.84. The molecule has 8 heteroatoms. The predicted octanol–water partition coefficient (Wildman–Crippen LogP) is 4.31. The van der Waals surface area contributed by atoms with Gasteiger partial charge in [-0.25, -0.2) is 4.39 Å². The number of carbonyl (C=O) groups excluding carboxylic acids is 2. The molecule has 30 heavy (non-hydrogen) atoms. The van der Waals surface area contributed by atoms with E-state index in [9.17, 15) is 14.0 Å². The van der Waals surface area contributed by atoms with Crippen LogP contribution >= 0.6 is 11.6 Å². The van der Waals surface area contributed by atoms with Gasteiger partial charge >= 0.3 is 0 Å². The maximum atomic E-state index is 13.1. The van der Waals surface area contributed by atoms with Gasteiger partial charge in [-0.2, -0.15) is 0 Å². The Bertz CT molecular complexity index is 754. The van der Waals surface area contributed by atoms with Gasteiger partial charge in [-0.3, -0.25) is 9.59 Å². The summed E-state index contributed by atoms with van der Waals surface area (Å²) in [6.07, 6.45) is 5.98. The van der Waals surface area contributed by atoms with Crippen LogP contribution in [-0.4, -0.2) is 31.6 Å². The van der Waals surface area contributed by atoms with Crippen LogP contribution in [0.15, 0.2) is 84.8 Å². The molecule has 0 aliphatic rings. The Hall–Kier alpha value is -3.06. The summed E-state index contributed by atoms with van der Waals surface area (Å²) >= 11 is 5.21. The van der Waals surface area contributed by atoms with E-state index in [1.807, 2.05) is 6.92 Å². The first-order valence-corrected chi connectivity index (χ1v) is 9.50. The molecule has 0 aromatic carbocycles. The second-order valence-corrected chi connectivity index (χ2v) is 6.07. The van der Waals surface area contributed by atoms with E-state index in [0.717, 1.165) is 11.6 Å². The summed E-state index contributed by atoms with van der Waals surface area (Å²) in [6.45, 7) is 16.9. The van der Waals surface area contributed by atoms with Gasteiger partial charge in [0.1, 0.15) is 17.3 Å². The van der Waals surface area contributed by atoms with Crippen molar-refractivity contribution >= 4 is 23.4 Å². The van der Waals surface area contributed by atoms with Crippen LogP contribution in [0.25, 0.3) is 0 Å². The first-order chi connectivity index (χ1) is 14.2. The highest BCUT2D eigenvalue weighted by molar-refractivity contribution is 6.25. The van der Waals surface area contributed by atoms with Crippen molar-refractivity contribution in [3.05, 3.63) is 84.8 Å². The first kappa shape index (κ1) is 26.9. The molecule has 164 valence electrons. The molecule has 0 aliphatic heterocycles. The number of nitrogens with one attached hydrogen (secondary N) is 2. The van der Waals surface area contributed by atoms with Gasteiger partial charge in [-0.15, -0.1) is 0 Å². The minimum atomic E-state index is -0.736. The molecule has 0 aromatic rings. The third-order valence-electron chi connectivity index (χ3n) is 3.27. The number of rotatable bonds is 15. The second-order valence-electron chi connectivity index (χ2n) is 5.85. The number of hydrogen-bond acceptors (Lipinski definition) is 4. The van der Waals surface area contributed by atoms with Gasteiger partial charge in [0.05, 0.1) is 6.61 Å². The molecule has 0 saturated heterocycles. The predicted molar refractivity (Wildman–Crippen MR) is 118 cm³/mol. The third kappa shape index (κ3) is 14.0. The average Bonchev–Trinajstić information content (AvgIpc) is 2.72. The Balaban J connectivity index is 4.20. The van der Waals surface area contributed by atoms with Gasteiger partial charge in [-0.05, 0) is 31.1 Å². The standard InChI is InChI=1S/C22H28ClFN2O4/c1-6-20(12-19(24)13-23)30-15-22(28)26-17(4)9-11-21(27)25-14-16(3)8-10-18(5)29-7-2/h6,8,10,12-13H,1,3-5,7,9,11,14-15H2,2H3,(H,25,27)(H,26,28)/b10-8-,19-13-,20-12+. The third-order valence-corrected chi connectivity index (χ3v) is 3.48. The molecule has 0 aliphatic carbocycles. The van der Waals surface area contributed by atoms with Crippen LogP contribution in [0, 0.1) is 0 Å². The summed E-state index contributed by atoms with van der Waals surface area (Å²) in [5, 5.41) is 5.21. The fraction of sp³-hybridized carbons (Fsp3) is 0.273. The van der Waals surface area contributed by atoms with E-state index in [4.69, 9.17) is 21.1 Å². The van der Waals surface area contributed by atoms with Crippen molar-refractivity contribution in [2.75, 3.05) is 19.8 Å². The molecule has 0 heterocycles. The number of carbonyl (C=O) groups is 2. The Morgan fingerprint density at radius 2 is 1.80 bits per heavy atom. The zero-order valence-corrected chi connectivity index (χ0v) is 17.9. The molecule has 0 saturated carbocycles. The van der Waals surface area contributed by atoms with Gasteiger partial charge in [0.15, 0.2) is 6.61 Å². The van der Waals surface area contributed by atoms with Crippen molar-refractivity contribution in [3.8, 4) is 0 Å². The Kier molecular flexibility index (Phi) is 14.2. The summed E-state index contributed by atoms with van der Waals surface area (Å²) in [7, 11) is 0. The lowest BCUT2D eigenvalue weighted by Gasteiger charge is -2.10. The molecule has 0 fully saturated rings. The van der Waals surface area contributed by atoms with Crippen LogP contribution in [-0.2, 0) is 19.1 Å². The molecule has 0 bridgehead atoms. The maximum absolute atomic E-state index is 13.1. The average molecular weight is 439 g/mol. The van der Waals surface area contributed by atoms with E-state index < -0.39 is 11.7 Å². The summed E-state index contributed by atoms with van der Waals surface area (Å²) in [4.78, 5) is 23.7. The molecular weight excluding hydrogens is 411 g/mol. The summed E-state index contributed by atoms with van der Waals surface area (Å²) in [6, 6.07) is 0. The van der Waals surface area contributed by atoms with Crippen LogP contribution in [0.4, 0.5) is 4.39 Å². The SMILES string of the molecule is C=C/C(=C\C(F)=C\Cl)OCC(=O)NC(=C)CCC(=O)NCC(=C)/C=C\C(=C)OCC. The zero-order valence-electron chi connectivity index (χ0n) is 17.1. The van der Waals surface area contributed by atoms with Crippen molar-refractivity contribution < 1.29 is 23.5 Å². The van der Waals surface area contributed by atoms with Crippen LogP contribution in [0.2, 0.25) is 0 Å². The molecule has 0 spiro atoms. The minimum Gasteiger partial charge on any atom is -0.495 e.